The van der Waals surface area contributed by atoms with Crippen LogP contribution in [0.3, 0.4) is 0 Å². The minimum atomic E-state index is -0.134. The molecule has 0 N–H and O–H groups in total. The summed E-state index contributed by atoms with van der Waals surface area (Å²) in [6, 6.07) is 18.0. The van der Waals surface area contributed by atoms with E-state index < -0.39 is 0 Å². The Balaban J connectivity index is 1.25. The van der Waals surface area contributed by atoms with Gasteiger partial charge in [0.25, 0.3) is 5.91 Å². The van der Waals surface area contributed by atoms with Crippen LogP contribution in [0.15, 0.2) is 60.8 Å². The smallest absolute Gasteiger partial charge is 0.273 e. The zero-order chi connectivity index (χ0) is 25.7. The molecule has 1 fully saturated rings. The molecule has 2 aromatic carbocycles. The lowest BCUT2D eigenvalue weighted by molar-refractivity contribution is -0.117. The highest BCUT2D eigenvalue weighted by Crippen LogP contribution is 2.44. The van der Waals surface area contributed by atoms with Crippen molar-refractivity contribution < 1.29 is 9.59 Å². The molecule has 8 heteroatoms. The molecule has 1 aliphatic heterocycles. The van der Waals surface area contributed by atoms with Crippen molar-refractivity contribution in [1.82, 2.24) is 24.6 Å². The van der Waals surface area contributed by atoms with Crippen molar-refractivity contribution in [3.05, 3.63) is 88.9 Å². The summed E-state index contributed by atoms with van der Waals surface area (Å²) >= 11 is 0. The zero-order valence-electron chi connectivity index (χ0n) is 21.2. The summed E-state index contributed by atoms with van der Waals surface area (Å²) in [5.41, 5.74) is 6.32. The van der Waals surface area contributed by atoms with Crippen LogP contribution in [0.5, 0.6) is 0 Å². The van der Waals surface area contributed by atoms with Gasteiger partial charge in [0.15, 0.2) is 11.5 Å². The first-order valence-electron chi connectivity index (χ1n) is 12.5. The van der Waals surface area contributed by atoms with Crippen LogP contribution >= 0.6 is 0 Å². The number of hydrogen-bond acceptors (Lipinski definition) is 5. The van der Waals surface area contributed by atoms with Crippen molar-refractivity contribution in [2.45, 2.75) is 38.6 Å². The summed E-state index contributed by atoms with van der Waals surface area (Å²) in [5, 5.41) is 4.48. The van der Waals surface area contributed by atoms with Crippen LogP contribution < -0.4 is 4.90 Å². The first kappa shape index (κ1) is 23.1. The minimum absolute atomic E-state index is 0.0239. The number of rotatable bonds is 6. The van der Waals surface area contributed by atoms with Crippen molar-refractivity contribution in [3.8, 4) is 17.1 Å². The third kappa shape index (κ3) is 4.28. The fraction of sp³-hybridized carbons (Fsp3) is 0.276. The lowest BCUT2D eigenvalue weighted by Crippen LogP contribution is -2.26. The van der Waals surface area contributed by atoms with Crippen molar-refractivity contribution in [2.75, 3.05) is 19.0 Å². The topological polar surface area (TPSA) is 84.2 Å². The summed E-state index contributed by atoms with van der Waals surface area (Å²) in [4.78, 5) is 38.0. The number of benzene rings is 2. The van der Waals surface area contributed by atoms with Gasteiger partial charge in [-0.05, 0) is 55.0 Å². The Morgan fingerprint density at radius 3 is 2.57 bits per heavy atom. The lowest BCUT2D eigenvalue weighted by Gasteiger charge is -2.18. The van der Waals surface area contributed by atoms with Crippen LogP contribution in [0, 0.1) is 6.92 Å². The van der Waals surface area contributed by atoms with Crippen LogP contribution in [0.25, 0.3) is 17.1 Å². The summed E-state index contributed by atoms with van der Waals surface area (Å²) in [6.45, 7) is 2.35. The molecule has 0 radical (unpaired) electrons. The van der Waals surface area contributed by atoms with Crippen LogP contribution in [-0.4, -0.2) is 50.6 Å². The van der Waals surface area contributed by atoms with Crippen LogP contribution in [0.4, 0.5) is 5.82 Å². The van der Waals surface area contributed by atoms with Gasteiger partial charge in [-0.15, -0.1) is 0 Å². The van der Waals surface area contributed by atoms with E-state index in [2.05, 4.69) is 28.3 Å². The average molecular weight is 493 g/mol. The molecule has 2 aliphatic rings. The van der Waals surface area contributed by atoms with E-state index in [0.29, 0.717) is 36.2 Å². The molecule has 3 heterocycles. The number of nitrogens with zero attached hydrogens (tertiary/aromatic N) is 6. The highest BCUT2D eigenvalue weighted by molar-refractivity contribution is 6.00. The lowest BCUT2D eigenvalue weighted by atomic mass is 10.0. The quantitative estimate of drug-likeness (QED) is 0.401. The van der Waals surface area contributed by atoms with Crippen molar-refractivity contribution >= 4 is 17.6 Å². The van der Waals surface area contributed by atoms with Crippen LogP contribution in [-0.2, 0) is 17.8 Å². The molecule has 2 aromatic heterocycles. The van der Waals surface area contributed by atoms with Gasteiger partial charge in [0.05, 0.1) is 18.7 Å². The zero-order valence-corrected chi connectivity index (χ0v) is 21.2. The minimum Gasteiger partial charge on any atom is -0.343 e. The van der Waals surface area contributed by atoms with Gasteiger partial charge in [0.2, 0.25) is 5.91 Å². The third-order valence-corrected chi connectivity index (χ3v) is 6.99. The maximum absolute atomic E-state index is 12.9. The first-order valence-corrected chi connectivity index (χ1v) is 12.5. The SMILES string of the molecule is Cc1cc(C(=O)N(C)C)nn1-c1ccc(CN2C(=O)Cc3cnc(-c4ccccc4C4CC4)nc32)cc1. The largest absolute Gasteiger partial charge is 0.343 e. The number of aromatic nitrogens is 4. The van der Waals surface area contributed by atoms with E-state index in [1.54, 1.807) is 35.9 Å². The summed E-state index contributed by atoms with van der Waals surface area (Å²) in [6.07, 6.45) is 4.52. The number of anilines is 1. The second-order valence-electron chi connectivity index (χ2n) is 10.0. The van der Waals surface area contributed by atoms with E-state index in [0.717, 1.165) is 28.1 Å². The summed E-state index contributed by atoms with van der Waals surface area (Å²) in [5.74, 6) is 1.84. The number of carbonyl (C=O) groups excluding carboxylic acids is 2. The molecule has 6 rings (SSSR count). The maximum Gasteiger partial charge on any atom is 0.273 e. The molecule has 0 unspecified atom stereocenters. The standard InChI is InChI=1S/C29H28N6O2/c1-18-14-25(29(37)33(2)3)32-35(18)22-12-8-19(9-13-22)17-34-26(36)15-21-16-30-27(31-28(21)34)24-7-5-4-6-23(24)20-10-11-20/h4-9,12-14,16,20H,10-11,15,17H2,1-3H3. The molecule has 186 valence electrons. The van der Waals surface area contributed by atoms with Gasteiger partial charge < -0.3 is 4.90 Å². The van der Waals surface area contributed by atoms with E-state index in [9.17, 15) is 9.59 Å². The molecule has 1 saturated carbocycles. The molecule has 0 bridgehead atoms. The molecule has 1 aliphatic carbocycles. The van der Waals surface area contributed by atoms with Crippen molar-refractivity contribution in [1.29, 1.82) is 0 Å². The van der Waals surface area contributed by atoms with Gasteiger partial charge in [0, 0.05) is 37.1 Å². The number of carbonyl (C=O) groups is 2. The monoisotopic (exact) mass is 492 g/mol. The second kappa shape index (κ2) is 8.96. The number of amides is 2. The van der Waals surface area contributed by atoms with Gasteiger partial charge >= 0.3 is 0 Å². The number of aryl methyl sites for hydroxylation is 1. The second-order valence-corrected chi connectivity index (χ2v) is 10.0. The normalized spacial score (nSPS) is 14.7. The predicted octanol–water partition coefficient (Wildman–Crippen LogP) is 4.31. The Labute approximate surface area is 215 Å². The predicted molar refractivity (Wildman–Crippen MR) is 141 cm³/mol. The Morgan fingerprint density at radius 1 is 1.08 bits per heavy atom. The van der Waals surface area contributed by atoms with Crippen molar-refractivity contribution in [2.24, 2.45) is 0 Å². The van der Waals surface area contributed by atoms with Gasteiger partial charge in [-0.2, -0.15) is 5.10 Å². The van der Waals surface area contributed by atoms with E-state index in [4.69, 9.17) is 4.98 Å². The number of fused-ring (bicyclic) bond motifs is 1. The van der Waals surface area contributed by atoms with E-state index in [1.165, 1.54) is 23.3 Å². The molecule has 4 aromatic rings. The molecule has 0 spiro atoms. The van der Waals surface area contributed by atoms with Gasteiger partial charge in [-0.25, -0.2) is 14.6 Å². The number of hydrogen-bond donors (Lipinski definition) is 0. The van der Waals surface area contributed by atoms with E-state index in [1.807, 2.05) is 37.3 Å². The summed E-state index contributed by atoms with van der Waals surface area (Å²) in [7, 11) is 3.42. The molecule has 37 heavy (non-hydrogen) atoms. The van der Waals surface area contributed by atoms with Gasteiger partial charge in [0.1, 0.15) is 5.82 Å². The molecule has 0 saturated heterocycles. The Bertz CT molecular complexity index is 1520. The maximum atomic E-state index is 12.9. The van der Waals surface area contributed by atoms with Gasteiger partial charge in [-0.3, -0.25) is 14.5 Å². The van der Waals surface area contributed by atoms with Gasteiger partial charge in [-0.1, -0.05) is 36.4 Å². The fourth-order valence-electron chi connectivity index (χ4n) is 4.87. The molecular weight excluding hydrogens is 464 g/mol. The average Bonchev–Trinajstić information content (AvgIpc) is 3.61. The molecular formula is C29H28N6O2. The molecule has 2 amide bonds. The molecule has 8 nitrogen and oxygen atoms in total. The Morgan fingerprint density at radius 2 is 1.84 bits per heavy atom. The van der Waals surface area contributed by atoms with Crippen LogP contribution in [0.1, 0.15) is 51.6 Å². The highest BCUT2D eigenvalue weighted by atomic mass is 16.2. The fourth-order valence-corrected chi connectivity index (χ4v) is 4.87. The summed E-state index contributed by atoms with van der Waals surface area (Å²) < 4.78 is 1.76. The first-order chi connectivity index (χ1) is 17.9. The van der Waals surface area contributed by atoms with Crippen molar-refractivity contribution in [3.63, 3.8) is 0 Å². The van der Waals surface area contributed by atoms with E-state index in [-0.39, 0.29) is 11.8 Å². The highest BCUT2D eigenvalue weighted by Gasteiger charge is 2.31. The molecule has 0 atom stereocenters. The Kier molecular flexibility index (Phi) is 5.59. The third-order valence-electron chi connectivity index (χ3n) is 6.99. The Hall–Kier alpha value is -4.33. The van der Waals surface area contributed by atoms with Crippen LogP contribution in [0.2, 0.25) is 0 Å². The van der Waals surface area contributed by atoms with E-state index >= 15 is 0 Å².